The van der Waals surface area contributed by atoms with Crippen LogP contribution in [0.5, 0.6) is 0 Å². The first kappa shape index (κ1) is 10.4. The highest BCUT2D eigenvalue weighted by Crippen LogP contribution is 2.36. The van der Waals surface area contributed by atoms with Crippen molar-refractivity contribution in [1.82, 2.24) is 10.2 Å². The van der Waals surface area contributed by atoms with Crippen LogP contribution >= 0.6 is 0 Å². The summed E-state index contributed by atoms with van der Waals surface area (Å²) in [5.74, 6) is 2.81. The van der Waals surface area contributed by atoms with Crippen LogP contribution in [0.2, 0.25) is 0 Å². The highest BCUT2D eigenvalue weighted by Gasteiger charge is 2.29. The van der Waals surface area contributed by atoms with Gasteiger partial charge in [0.15, 0.2) is 0 Å². The minimum atomic E-state index is 0.823. The Kier molecular flexibility index (Phi) is 3.45. The molecule has 82 valence electrons. The van der Waals surface area contributed by atoms with Crippen LogP contribution in [0.15, 0.2) is 0 Å². The van der Waals surface area contributed by atoms with Crippen LogP contribution in [0, 0.1) is 17.8 Å². The standard InChI is InChI=1S/C12H24N2/c1-10-7-13-5-6-14(8-10)9-11(2)12-3-4-12/h10-13H,3-9H2,1-2H3. The van der Waals surface area contributed by atoms with Crippen LogP contribution in [0.25, 0.3) is 0 Å². The Hall–Kier alpha value is -0.0800. The van der Waals surface area contributed by atoms with Gasteiger partial charge in [-0.3, -0.25) is 0 Å². The SMILES string of the molecule is CC1CNCCN(CC(C)C2CC2)C1. The molecule has 0 aromatic heterocycles. The Balaban J connectivity index is 1.76. The van der Waals surface area contributed by atoms with Crippen molar-refractivity contribution in [2.24, 2.45) is 17.8 Å². The lowest BCUT2D eigenvalue weighted by atomic mass is 10.1. The predicted molar refractivity (Wildman–Crippen MR) is 60.4 cm³/mol. The third-order valence-corrected chi connectivity index (χ3v) is 3.64. The Morgan fingerprint density at radius 3 is 2.93 bits per heavy atom. The highest BCUT2D eigenvalue weighted by molar-refractivity contribution is 4.82. The van der Waals surface area contributed by atoms with Gasteiger partial charge in [0, 0.05) is 26.2 Å². The van der Waals surface area contributed by atoms with Gasteiger partial charge in [-0.25, -0.2) is 0 Å². The van der Waals surface area contributed by atoms with Crippen LogP contribution in [0.4, 0.5) is 0 Å². The largest absolute Gasteiger partial charge is 0.315 e. The molecule has 1 saturated heterocycles. The van der Waals surface area contributed by atoms with Crippen molar-refractivity contribution in [3.63, 3.8) is 0 Å². The molecule has 1 N–H and O–H groups in total. The summed E-state index contributed by atoms with van der Waals surface area (Å²) in [5.41, 5.74) is 0. The molecule has 2 unspecified atom stereocenters. The van der Waals surface area contributed by atoms with E-state index in [2.05, 4.69) is 24.1 Å². The Labute approximate surface area is 88.1 Å². The van der Waals surface area contributed by atoms with E-state index in [4.69, 9.17) is 0 Å². The topological polar surface area (TPSA) is 15.3 Å². The van der Waals surface area contributed by atoms with Crippen molar-refractivity contribution < 1.29 is 0 Å². The van der Waals surface area contributed by atoms with Gasteiger partial charge in [-0.2, -0.15) is 0 Å². The summed E-state index contributed by atoms with van der Waals surface area (Å²) in [6.45, 7) is 11.0. The van der Waals surface area contributed by atoms with E-state index < -0.39 is 0 Å². The molecule has 2 rings (SSSR count). The van der Waals surface area contributed by atoms with E-state index in [1.165, 1.54) is 45.6 Å². The van der Waals surface area contributed by atoms with Gasteiger partial charge in [0.05, 0.1) is 0 Å². The van der Waals surface area contributed by atoms with E-state index in [1.54, 1.807) is 0 Å². The molecule has 0 spiro atoms. The van der Waals surface area contributed by atoms with Gasteiger partial charge in [-0.1, -0.05) is 13.8 Å². The number of nitrogens with one attached hydrogen (secondary N) is 1. The summed E-state index contributed by atoms with van der Waals surface area (Å²) >= 11 is 0. The molecule has 2 atom stereocenters. The van der Waals surface area contributed by atoms with E-state index in [9.17, 15) is 0 Å². The summed E-state index contributed by atoms with van der Waals surface area (Å²) < 4.78 is 0. The zero-order valence-corrected chi connectivity index (χ0v) is 9.63. The van der Waals surface area contributed by atoms with Gasteiger partial charge in [0.25, 0.3) is 0 Å². The minimum Gasteiger partial charge on any atom is -0.315 e. The summed E-state index contributed by atoms with van der Waals surface area (Å²) in [6, 6.07) is 0. The fourth-order valence-corrected chi connectivity index (χ4v) is 2.57. The van der Waals surface area contributed by atoms with Crippen molar-refractivity contribution in [1.29, 1.82) is 0 Å². The van der Waals surface area contributed by atoms with E-state index in [1.807, 2.05) is 0 Å². The molecule has 2 fully saturated rings. The first-order chi connectivity index (χ1) is 6.75. The molecule has 1 heterocycles. The molecular weight excluding hydrogens is 172 g/mol. The molecule has 14 heavy (non-hydrogen) atoms. The van der Waals surface area contributed by atoms with E-state index in [0.717, 1.165) is 17.8 Å². The Morgan fingerprint density at radius 1 is 1.43 bits per heavy atom. The van der Waals surface area contributed by atoms with Crippen LogP contribution in [-0.2, 0) is 0 Å². The van der Waals surface area contributed by atoms with Gasteiger partial charge in [-0.15, -0.1) is 0 Å². The zero-order valence-electron chi connectivity index (χ0n) is 9.63. The van der Waals surface area contributed by atoms with E-state index in [-0.39, 0.29) is 0 Å². The Morgan fingerprint density at radius 2 is 2.21 bits per heavy atom. The molecule has 0 radical (unpaired) electrons. The third-order valence-electron chi connectivity index (χ3n) is 3.64. The van der Waals surface area contributed by atoms with E-state index >= 15 is 0 Å². The van der Waals surface area contributed by atoms with Crippen LogP contribution in [0.1, 0.15) is 26.7 Å². The first-order valence-corrected chi connectivity index (χ1v) is 6.19. The average molecular weight is 196 g/mol. The molecular formula is C12H24N2. The second-order valence-corrected chi connectivity index (χ2v) is 5.38. The van der Waals surface area contributed by atoms with Gasteiger partial charge < -0.3 is 10.2 Å². The van der Waals surface area contributed by atoms with E-state index in [0.29, 0.717) is 0 Å². The number of rotatable bonds is 3. The molecule has 2 aliphatic rings. The average Bonchev–Trinajstić information content (AvgIpc) is 2.91. The minimum absolute atomic E-state index is 0.823. The second-order valence-electron chi connectivity index (χ2n) is 5.38. The van der Waals surface area contributed by atoms with Crippen LogP contribution in [0.3, 0.4) is 0 Å². The molecule has 2 nitrogen and oxygen atoms in total. The smallest absolute Gasteiger partial charge is 0.0107 e. The molecule has 0 aromatic rings. The molecule has 1 saturated carbocycles. The van der Waals surface area contributed by atoms with Gasteiger partial charge in [-0.05, 0) is 37.1 Å². The summed E-state index contributed by atoms with van der Waals surface area (Å²) in [6.07, 6.45) is 2.98. The molecule has 0 aromatic carbocycles. The maximum Gasteiger partial charge on any atom is 0.0107 e. The normalized spacial score (nSPS) is 32.6. The molecule has 1 aliphatic heterocycles. The second kappa shape index (κ2) is 4.63. The van der Waals surface area contributed by atoms with Gasteiger partial charge in [0.2, 0.25) is 0 Å². The zero-order chi connectivity index (χ0) is 9.97. The number of hydrogen-bond acceptors (Lipinski definition) is 2. The number of nitrogens with zero attached hydrogens (tertiary/aromatic N) is 1. The summed E-state index contributed by atoms with van der Waals surface area (Å²) in [7, 11) is 0. The van der Waals surface area contributed by atoms with Crippen molar-refractivity contribution >= 4 is 0 Å². The van der Waals surface area contributed by atoms with Gasteiger partial charge in [0.1, 0.15) is 0 Å². The van der Waals surface area contributed by atoms with Crippen LogP contribution in [-0.4, -0.2) is 37.6 Å². The lowest BCUT2D eigenvalue weighted by Gasteiger charge is -2.25. The van der Waals surface area contributed by atoms with Crippen molar-refractivity contribution in [3.8, 4) is 0 Å². The maximum absolute atomic E-state index is 3.50. The van der Waals surface area contributed by atoms with Gasteiger partial charge >= 0.3 is 0 Å². The fourth-order valence-electron chi connectivity index (χ4n) is 2.57. The summed E-state index contributed by atoms with van der Waals surface area (Å²) in [5, 5.41) is 3.50. The summed E-state index contributed by atoms with van der Waals surface area (Å²) in [4.78, 5) is 2.66. The number of hydrogen-bond donors (Lipinski definition) is 1. The monoisotopic (exact) mass is 196 g/mol. The molecule has 2 heteroatoms. The fraction of sp³-hybridized carbons (Fsp3) is 1.00. The Bertz CT molecular complexity index is 177. The van der Waals surface area contributed by atoms with Crippen molar-refractivity contribution in [2.45, 2.75) is 26.7 Å². The maximum atomic E-state index is 3.50. The van der Waals surface area contributed by atoms with Crippen molar-refractivity contribution in [2.75, 3.05) is 32.7 Å². The predicted octanol–water partition coefficient (Wildman–Crippen LogP) is 1.57. The lowest BCUT2D eigenvalue weighted by molar-refractivity contribution is 0.220. The molecule has 1 aliphatic carbocycles. The third kappa shape index (κ3) is 2.96. The van der Waals surface area contributed by atoms with Crippen LogP contribution < -0.4 is 5.32 Å². The lowest BCUT2D eigenvalue weighted by Crippen LogP contribution is -2.33. The quantitative estimate of drug-likeness (QED) is 0.737. The van der Waals surface area contributed by atoms with Crippen molar-refractivity contribution in [3.05, 3.63) is 0 Å². The molecule has 0 amide bonds. The first-order valence-electron chi connectivity index (χ1n) is 6.19. The molecule has 0 bridgehead atoms. The highest BCUT2D eigenvalue weighted by atomic mass is 15.2.